The molecule has 0 atom stereocenters. The molecule has 0 spiro atoms. The first kappa shape index (κ1) is 13.5. The van der Waals surface area contributed by atoms with Crippen LogP contribution >= 0.6 is 11.3 Å². The summed E-state index contributed by atoms with van der Waals surface area (Å²) in [4.78, 5) is 9.14. The molecule has 2 N–H and O–H groups in total. The maximum Gasteiger partial charge on any atom is 0.181 e. The quantitative estimate of drug-likeness (QED) is 0.548. The normalized spacial score (nSPS) is 10.4. The molecule has 1 aromatic carbocycles. The molecule has 0 aliphatic heterocycles. The number of rotatable bonds is 1. The molecule has 0 aliphatic rings. The molecule has 4 rings (SSSR count). The van der Waals surface area contributed by atoms with Gasteiger partial charge in [0, 0.05) is 5.56 Å². The number of nitrogens with two attached hydrogens (primary N) is 1. The zero-order valence-electron chi connectivity index (χ0n) is 12.0. The van der Waals surface area contributed by atoms with Gasteiger partial charge in [-0.15, -0.1) is 0 Å². The van der Waals surface area contributed by atoms with Gasteiger partial charge in [0.15, 0.2) is 10.8 Å². The Morgan fingerprint density at radius 1 is 0.957 bits per heavy atom. The Morgan fingerprint density at radius 2 is 1.83 bits per heavy atom. The van der Waals surface area contributed by atoms with Gasteiger partial charge in [-0.05, 0) is 24.0 Å². The van der Waals surface area contributed by atoms with Crippen LogP contribution in [-0.2, 0) is 0 Å². The second-order valence-corrected chi connectivity index (χ2v) is 5.87. The molecule has 6 heteroatoms. The highest BCUT2D eigenvalue weighted by atomic mass is 32.1. The van der Waals surface area contributed by atoms with E-state index in [-0.39, 0.29) is 0 Å². The lowest BCUT2D eigenvalue weighted by atomic mass is 10.1. The topological polar surface area (TPSA) is 69.1 Å². The zero-order valence-corrected chi connectivity index (χ0v) is 12.8. The van der Waals surface area contributed by atoms with Gasteiger partial charge in [0.1, 0.15) is 5.69 Å². The Morgan fingerprint density at radius 3 is 2.61 bits per heavy atom. The van der Waals surface area contributed by atoms with Crippen LogP contribution in [-0.4, -0.2) is 19.6 Å². The van der Waals surface area contributed by atoms with Crippen LogP contribution in [0.5, 0.6) is 0 Å². The van der Waals surface area contributed by atoms with E-state index in [1.54, 1.807) is 16.9 Å². The molecule has 23 heavy (non-hydrogen) atoms. The van der Waals surface area contributed by atoms with E-state index < -0.39 is 0 Å². The van der Waals surface area contributed by atoms with Crippen molar-refractivity contribution in [1.29, 1.82) is 0 Å². The Labute approximate surface area is 136 Å². The fourth-order valence-corrected chi connectivity index (χ4v) is 2.73. The number of imidazole rings is 1. The van der Waals surface area contributed by atoms with Gasteiger partial charge in [-0.2, -0.15) is 5.10 Å². The summed E-state index contributed by atoms with van der Waals surface area (Å²) in [5.74, 6) is 6.12. The number of fused-ring (bicyclic) bond motifs is 1. The standard InChI is InChI=1S/C17H11N5S/c18-17-20-11-14(23-17)7-6-13-10-19-16-9-8-15(21-22(13)16)12-4-2-1-3-5-12/h1-5,8-11H,(H2,18,20). The minimum atomic E-state index is 0.511. The minimum Gasteiger partial charge on any atom is -0.375 e. The average Bonchev–Trinajstić information content (AvgIpc) is 3.19. The molecule has 0 bridgehead atoms. The number of aromatic nitrogens is 4. The SMILES string of the molecule is Nc1ncc(C#Cc2cnc3ccc(-c4ccccc4)nn23)s1. The highest BCUT2D eigenvalue weighted by Gasteiger charge is 2.05. The molecule has 110 valence electrons. The van der Waals surface area contributed by atoms with Crippen LogP contribution in [0, 0.1) is 11.8 Å². The van der Waals surface area contributed by atoms with Crippen molar-refractivity contribution in [1.82, 2.24) is 19.6 Å². The summed E-state index contributed by atoms with van der Waals surface area (Å²) in [6, 6.07) is 13.9. The van der Waals surface area contributed by atoms with Crippen molar-refractivity contribution in [2.24, 2.45) is 0 Å². The number of benzene rings is 1. The summed E-state index contributed by atoms with van der Waals surface area (Å²) < 4.78 is 1.75. The first-order valence-electron chi connectivity index (χ1n) is 6.93. The van der Waals surface area contributed by atoms with Crippen molar-refractivity contribution in [2.75, 3.05) is 5.73 Å². The van der Waals surface area contributed by atoms with Crippen molar-refractivity contribution >= 4 is 22.1 Å². The molecular formula is C17H11N5S. The molecular weight excluding hydrogens is 306 g/mol. The van der Waals surface area contributed by atoms with Gasteiger partial charge in [-0.3, -0.25) is 0 Å². The lowest BCUT2D eigenvalue weighted by Crippen LogP contribution is -1.96. The molecule has 4 aromatic rings. The smallest absolute Gasteiger partial charge is 0.181 e. The Kier molecular flexibility index (Phi) is 3.26. The van der Waals surface area contributed by atoms with E-state index in [4.69, 9.17) is 5.73 Å². The summed E-state index contributed by atoms with van der Waals surface area (Å²) in [6.45, 7) is 0. The second kappa shape index (κ2) is 5.55. The van der Waals surface area contributed by atoms with Crippen molar-refractivity contribution < 1.29 is 0 Å². The molecule has 3 heterocycles. The van der Waals surface area contributed by atoms with Crippen LogP contribution in [0.4, 0.5) is 5.13 Å². The summed E-state index contributed by atoms with van der Waals surface area (Å²) >= 11 is 1.36. The van der Waals surface area contributed by atoms with Crippen molar-refractivity contribution in [3.8, 4) is 23.1 Å². The third-order valence-corrected chi connectivity index (χ3v) is 4.01. The van der Waals surface area contributed by atoms with Crippen LogP contribution in [0.3, 0.4) is 0 Å². The number of nitrogen functional groups attached to an aromatic ring is 1. The molecule has 0 saturated heterocycles. The number of thiazole rings is 1. The Hall–Kier alpha value is -3.17. The van der Waals surface area contributed by atoms with Crippen LogP contribution in [0.1, 0.15) is 10.6 Å². The number of hydrogen-bond donors (Lipinski definition) is 1. The van der Waals surface area contributed by atoms with Gasteiger partial charge >= 0.3 is 0 Å². The zero-order chi connectivity index (χ0) is 15.6. The fourth-order valence-electron chi connectivity index (χ4n) is 2.19. The van der Waals surface area contributed by atoms with E-state index in [9.17, 15) is 0 Å². The molecule has 0 aliphatic carbocycles. The molecule has 5 nitrogen and oxygen atoms in total. The summed E-state index contributed by atoms with van der Waals surface area (Å²) in [5, 5.41) is 5.15. The van der Waals surface area contributed by atoms with E-state index in [2.05, 4.69) is 26.9 Å². The van der Waals surface area contributed by atoms with Gasteiger partial charge in [0.2, 0.25) is 0 Å². The lowest BCUT2D eigenvalue weighted by Gasteiger charge is -2.01. The van der Waals surface area contributed by atoms with E-state index in [1.807, 2.05) is 42.5 Å². The highest BCUT2D eigenvalue weighted by Crippen LogP contribution is 2.17. The van der Waals surface area contributed by atoms with Crippen molar-refractivity contribution in [3.63, 3.8) is 0 Å². The highest BCUT2D eigenvalue weighted by molar-refractivity contribution is 7.15. The Balaban J connectivity index is 1.78. The molecule has 0 unspecified atom stereocenters. The third kappa shape index (κ3) is 2.65. The van der Waals surface area contributed by atoms with E-state index >= 15 is 0 Å². The number of nitrogens with zero attached hydrogens (tertiary/aromatic N) is 4. The third-order valence-electron chi connectivity index (χ3n) is 3.27. The van der Waals surface area contributed by atoms with Gasteiger partial charge < -0.3 is 5.73 Å². The summed E-state index contributed by atoms with van der Waals surface area (Å²) in [6.07, 6.45) is 3.38. The first-order valence-corrected chi connectivity index (χ1v) is 7.75. The molecule has 3 aromatic heterocycles. The van der Waals surface area contributed by atoms with E-state index in [0.29, 0.717) is 5.13 Å². The first-order chi connectivity index (χ1) is 11.3. The fraction of sp³-hybridized carbons (Fsp3) is 0. The van der Waals surface area contributed by atoms with Gasteiger partial charge in [0.05, 0.1) is 23.0 Å². The van der Waals surface area contributed by atoms with Crippen LogP contribution in [0.15, 0.2) is 54.9 Å². The molecule has 0 saturated carbocycles. The van der Waals surface area contributed by atoms with Crippen LogP contribution in [0.2, 0.25) is 0 Å². The molecule has 0 radical (unpaired) electrons. The summed E-state index contributed by atoms with van der Waals surface area (Å²) in [7, 11) is 0. The minimum absolute atomic E-state index is 0.511. The van der Waals surface area contributed by atoms with Crippen LogP contribution in [0.25, 0.3) is 16.9 Å². The number of anilines is 1. The maximum atomic E-state index is 5.61. The number of hydrogen-bond acceptors (Lipinski definition) is 5. The van der Waals surface area contributed by atoms with Crippen LogP contribution < -0.4 is 5.73 Å². The van der Waals surface area contributed by atoms with Gasteiger partial charge in [-0.1, -0.05) is 41.7 Å². The Bertz CT molecular complexity index is 1040. The van der Waals surface area contributed by atoms with E-state index in [0.717, 1.165) is 27.5 Å². The predicted octanol–water partition coefficient (Wildman–Crippen LogP) is 2.83. The second-order valence-electron chi connectivity index (χ2n) is 4.81. The molecule has 0 fully saturated rings. The van der Waals surface area contributed by atoms with Gasteiger partial charge in [-0.25, -0.2) is 14.5 Å². The molecule has 0 amide bonds. The summed E-state index contributed by atoms with van der Waals surface area (Å²) in [5.41, 5.74) is 9.03. The monoisotopic (exact) mass is 317 g/mol. The van der Waals surface area contributed by atoms with Gasteiger partial charge in [0.25, 0.3) is 0 Å². The van der Waals surface area contributed by atoms with E-state index in [1.165, 1.54) is 11.3 Å². The predicted molar refractivity (Wildman–Crippen MR) is 90.9 cm³/mol. The van der Waals surface area contributed by atoms with Crippen molar-refractivity contribution in [2.45, 2.75) is 0 Å². The lowest BCUT2D eigenvalue weighted by molar-refractivity contribution is 0.930. The van der Waals surface area contributed by atoms with Crippen molar-refractivity contribution in [3.05, 3.63) is 65.4 Å². The largest absolute Gasteiger partial charge is 0.375 e. The maximum absolute atomic E-state index is 5.61. The average molecular weight is 317 g/mol.